The minimum atomic E-state index is 0.196. The highest BCUT2D eigenvalue weighted by molar-refractivity contribution is 6.30. The molecule has 0 fully saturated rings. The molecule has 18 heavy (non-hydrogen) atoms. The molecule has 1 aromatic heterocycles. The van der Waals surface area contributed by atoms with Gasteiger partial charge in [0, 0.05) is 6.20 Å². The summed E-state index contributed by atoms with van der Waals surface area (Å²) in [6.45, 7) is 2.12. The van der Waals surface area contributed by atoms with Gasteiger partial charge in [-0.3, -0.25) is 0 Å². The molecule has 3 nitrogen and oxygen atoms in total. The van der Waals surface area contributed by atoms with E-state index in [1.807, 2.05) is 18.2 Å². The molecule has 0 amide bonds. The van der Waals surface area contributed by atoms with Gasteiger partial charge in [0.25, 0.3) is 0 Å². The molecular formula is C14H16ClN3. The number of rotatable bonds is 4. The Balaban J connectivity index is 2.21. The van der Waals surface area contributed by atoms with E-state index in [0.29, 0.717) is 16.5 Å². The highest BCUT2D eigenvalue weighted by atomic mass is 35.5. The second-order valence-electron chi connectivity index (χ2n) is 4.11. The van der Waals surface area contributed by atoms with Crippen molar-refractivity contribution in [3.05, 3.63) is 53.2 Å². The van der Waals surface area contributed by atoms with Crippen LogP contribution in [0.15, 0.2) is 42.6 Å². The maximum absolute atomic E-state index is 5.89. The SMILES string of the molecule is CCC(Nc1ncc(Cl)cc1N)c1ccccc1. The molecule has 0 aliphatic carbocycles. The van der Waals surface area contributed by atoms with Gasteiger partial charge in [0.2, 0.25) is 0 Å². The third-order valence-corrected chi connectivity index (χ3v) is 3.01. The van der Waals surface area contributed by atoms with Gasteiger partial charge < -0.3 is 11.1 Å². The number of hydrogen-bond donors (Lipinski definition) is 2. The Morgan fingerprint density at radius 2 is 2.06 bits per heavy atom. The molecule has 1 atom stereocenters. The fourth-order valence-corrected chi connectivity index (χ4v) is 2.01. The zero-order chi connectivity index (χ0) is 13.0. The molecule has 2 rings (SSSR count). The standard InChI is InChI=1S/C14H16ClN3/c1-2-13(10-6-4-3-5-7-10)18-14-12(16)8-11(15)9-17-14/h3-9,13H,2,16H2,1H3,(H,17,18). The molecule has 0 spiro atoms. The first-order chi connectivity index (χ1) is 8.70. The molecular weight excluding hydrogens is 246 g/mol. The third-order valence-electron chi connectivity index (χ3n) is 2.80. The van der Waals surface area contributed by atoms with Crippen molar-refractivity contribution in [3.63, 3.8) is 0 Å². The van der Waals surface area contributed by atoms with Crippen molar-refractivity contribution in [1.29, 1.82) is 0 Å². The lowest BCUT2D eigenvalue weighted by atomic mass is 10.0. The number of nitrogens with zero attached hydrogens (tertiary/aromatic N) is 1. The molecule has 3 N–H and O–H groups in total. The normalized spacial score (nSPS) is 12.1. The molecule has 0 saturated carbocycles. The number of benzene rings is 1. The van der Waals surface area contributed by atoms with Gasteiger partial charge in [-0.15, -0.1) is 0 Å². The second kappa shape index (κ2) is 5.74. The summed E-state index contributed by atoms with van der Waals surface area (Å²) in [5, 5.41) is 3.89. The first kappa shape index (κ1) is 12.7. The van der Waals surface area contributed by atoms with Gasteiger partial charge in [0.1, 0.15) is 5.82 Å². The van der Waals surface area contributed by atoms with Crippen LogP contribution in [0.25, 0.3) is 0 Å². The molecule has 4 heteroatoms. The van der Waals surface area contributed by atoms with Crippen molar-refractivity contribution in [3.8, 4) is 0 Å². The molecule has 0 saturated heterocycles. The van der Waals surface area contributed by atoms with Crippen LogP contribution in [0.4, 0.5) is 11.5 Å². The van der Waals surface area contributed by atoms with Crippen LogP contribution < -0.4 is 11.1 Å². The topological polar surface area (TPSA) is 50.9 Å². The number of halogens is 1. The quantitative estimate of drug-likeness (QED) is 0.878. The molecule has 2 aromatic rings. The van der Waals surface area contributed by atoms with E-state index >= 15 is 0 Å². The average Bonchev–Trinajstić information content (AvgIpc) is 2.39. The average molecular weight is 262 g/mol. The summed E-state index contributed by atoms with van der Waals surface area (Å²) in [7, 11) is 0. The lowest BCUT2D eigenvalue weighted by molar-refractivity contribution is 0.745. The van der Waals surface area contributed by atoms with E-state index in [1.54, 1.807) is 12.3 Å². The summed E-state index contributed by atoms with van der Waals surface area (Å²) in [4.78, 5) is 4.22. The second-order valence-corrected chi connectivity index (χ2v) is 4.54. The number of nitrogen functional groups attached to an aromatic ring is 1. The van der Waals surface area contributed by atoms with Crippen LogP contribution in [0.1, 0.15) is 24.9 Å². The van der Waals surface area contributed by atoms with Crippen molar-refractivity contribution >= 4 is 23.1 Å². The van der Waals surface area contributed by atoms with Crippen LogP contribution in [0.2, 0.25) is 5.02 Å². The Hall–Kier alpha value is -1.74. The summed E-state index contributed by atoms with van der Waals surface area (Å²) in [5.74, 6) is 0.676. The largest absolute Gasteiger partial charge is 0.396 e. The molecule has 0 aliphatic heterocycles. The van der Waals surface area contributed by atoms with Crippen molar-refractivity contribution in [1.82, 2.24) is 4.98 Å². The third kappa shape index (κ3) is 2.93. The van der Waals surface area contributed by atoms with Gasteiger partial charge >= 0.3 is 0 Å². The predicted molar refractivity (Wildman–Crippen MR) is 76.8 cm³/mol. The molecule has 94 valence electrons. The van der Waals surface area contributed by atoms with E-state index in [4.69, 9.17) is 17.3 Å². The van der Waals surface area contributed by atoms with Crippen molar-refractivity contribution < 1.29 is 0 Å². The minimum Gasteiger partial charge on any atom is -0.396 e. The van der Waals surface area contributed by atoms with Crippen LogP contribution >= 0.6 is 11.6 Å². The summed E-state index contributed by atoms with van der Waals surface area (Å²) in [5.41, 5.74) is 7.68. The first-order valence-corrected chi connectivity index (χ1v) is 6.31. The number of aromatic nitrogens is 1. The van der Waals surface area contributed by atoms with Crippen LogP contribution in [0.5, 0.6) is 0 Å². The van der Waals surface area contributed by atoms with Crippen molar-refractivity contribution in [2.75, 3.05) is 11.1 Å². The number of hydrogen-bond acceptors (Lipinski definition) is 3. The summed E-state index contributed by atoms with van der Waals surface area (Å²) >= 11 is 5.83. The summed E-state index contributed by atoms with van der Waals surface area (Å²) < 4.78 is 0. The molecule has 1 aromatic carbocycles. The Kier molecular flexibility index (Phi) is 4.05. The number of anilines is 2. The lowest BCUT2D eigenvalue weighted by Gasteiger charge is -2.19. The number of nitrogens with one attached hydrogen (secondary N) is 1. The van der Waals surface area contributed by atoms with E-state index < -0.39 is 0 Å². The van der Waals surface area contributed by atoms with Crippen LogP contribution in [-0.4, -0.2) is 4.98 Å². The van der Waals surface area contributed by atoms with Gasteiger partial charge in [-0.25, -0.2) is 4.98 Å². The minimum absolute atomic E-state index is 0.196. The fraction of sp³-hybridized carbons (Fsp3) is 0.214. The highest BCUT2D eigenvalue weighted by Crippen LogP contribution is 2.26. The molecule has 1 heterocycles. The highest BCUT2D eigenvalue weighted by Gasteiger charge is 2.11. The van der Waals surface area contributed by atoms with Gasteiger partial charge in [-0.2, -0.15) is 0 Å². The van der Waals surface area contributed by atoms with Crippen molar-refractivity contribution in [2.24, 2.45) is 0 Å². The molecule has 0 radical (unpaired) electrons. The van der Waals surface area contributed by atoms with Crippen molar-refractivity contribution in [2.45, 2.75) is 19.4 Å². The van der Waals surface area contributed by atoms with E-state index in [0.717, 1.165) is 6.42 Å². The Bertz CT molecular complexity index is 514. The maximum atomic E-state index is 5.89. The Morgan fingerprint density at radius 3 is 2.67 bits per heavy atom. The van der Waals surface area contributed by atoms with E-state index in [1.165, 1.54) is 5.56 Å². The Morgan fingerprint density at radius 1 is 1.33 bits per heavy atom. The summed E-state index contributed by atoms with van der Waals surface area (Å²) in [6, 6.07) is 12.1. The first-order valence-electron chi connectivity index (χ1n) is 5.93. The smallest absolute Gasteiger partial charge is 0.149 e. The predicted octanol–water partition coefficient (Wildman–Crippen LogP) is 3.88. The van der Waals surface area contributed by atoms with E-state index in [2.05, 4.69) is 29.4 Å². The monoisotopic (exact) mass is 261 g/mol. The van der Waals surface area contributed by atoms with E-state index in [-0.39, 0.29) is 6.04 Å². The Labute approximate surface area is 112 Å². The number of nitrogens with two attached hydrogens (primary N) is 1. The zero-order valence-corrected chi connectivity index (χ0v) is 11.0. The van der Waals surface area contributed by atoms with Gasteiger partial charge in [0.05, 0.1) is 16.8 Å². The lowest BCUT2D eigenvalue weighted by Crippen LogP contribution is -2.12. The maximum Gasteiger partial charge on any atom is 0.149 e. The molecule has 1 unspecified atom stereocenters. The van der Waals surface area contributed by atoms with E-state index in [9.17, 15) is 0 Å². The molecule has 0 aliphatic rings. The summed E-state index contributed by atoms with van der Waals surface area (Å²) in [6.07, 6.45) is 2.55. The fourth-order valence-electron chi connectivity index (χ4n) is 1.85. The van der Waals surface area contributed by atoms with Gasteiger partial charge in [-0.1, -0.05) is 48.9 Å². The van der Waals surface area contributed by atoms with Crippen LogP contribution in [0.3, 0.4) is 0 Å². The van der Waals surface area contributed by atoms with Crippen LogP contribution in [0, 0.1) is 0 Å². The van der Waals surface area contributed by atoms with Gasteiger partial charge in [-0.05, 0) is 18.1 Å². The zero-order valence-electron chi connectivity index (χ0n) is 10.2. The molecule has 0 bridgehead atoms. The van der Waals surface area contributed by atoms with Crippen LogP contribution in [-0.2, 0) is 0 Å². The number of pyridine rings is 1. The van der Waals surface area contributed by atoms with Gasteiger partial charge in [0.15, 0.2) is 0 Å².